The van der Waals surface area contributed by atoms with Crippen LogP contribution < -0.4 is 10.1 Å². The van der Waals surface area contributed by atoms with Gasteiger partial charge in [-0.15, -0.1) is 0 Å². The standard InChI is InChI=1S/C22H27FN2O5S/c1-16(17-3-6-19(23)7-4-17)24-22(26)10-5-18-15-20(8-9-21(18)29-2)31(27,28)25-11-13-30-14-12-25/h3-4,6-9,15-16H,5,10-14H2,1-2H3,(H,24,26). The Balaban J connectivity index is 1.68. The van der Waals surface area contributed by atoms with E-state index in [0.29, 0.717) is 44.0 Å². The summed E-state index contributed by atoms with van der Waals surface area (Å²) in [6, 6.07) is 10.4. The van der Waals surface area contributed by atoms with Gasteiger partial charge in [0.1, 0.15) is 11.6 Å². The fourth-order valence-electron chi connectivity index (χ4n) is 3.44. The lowest BCUT2D eigenvalue weighted by Crippen LogP contribution is -2.40. The van der Waals surface area contributed by atoms with Gasteiger partial charge < -0.3 is 14.8 Å². The van der Waals surface area contributed by atoms with E-state index in [1.807, 2.05) is 6.92 Å². The molecular formula is C22H27FN2O5S. The zero-order valence-corrected chi connectivity index (χ0v) is 18.5. The number of carbonyl (C=O) groups excluding carboxylic acids is 1. The fourth-order valence-corrected chi connectivity index (χ4v) is 4.90. The number of sulfonamides is 1. The van der Waals surface area contributed by atoms with E-state index in [4.69, 9.17) is 9.47 Å². The molecule has 1 unspecified atom stereocenters. The van der Waals surface area contributed by atoms with Crippen LogP contribution in [0.4, 0.5) is 4.39 Å². The number of methoxy groups -OCH3 is 1. The number of carbonyl (C=O) groups is 1. The van der Waals surface area contributed by atoms with Crippen LogP contribution in [-0.2, 0) is 26.0 Å². The summed E-state index contributed by atoms with van der Waals surface area (Å²) in [7, 11) is -2.13. The summed E-state index contributed by atoms with van der Waals surface area (Å²) in [5.41, 5.74) is 1.44. The van der Waals surface area contributed by atoms with Crippen molar-refractivity contribution in [3.05, 3.63) is 59.4 Å². The molecule has 0 spiro atoms. The maximum absolute atomic E-state index is 13.1. The largest absolute Gasteiger partial charge is 0.496 e. The van der Waals surface area contributed by atoms with Crippen molar-refractivity contribution in [2.24, 2.45) is 0 Å². The third kappa shape index (κ3) is 5.81. The highest BCUT2D eigenvalue weighted by Crippen LogP contribution is 2.26. The Morgan fingerprint density at radius 3 is 2.52 bits per heavy atom. The highest BCUT2D eigenvalue weighted by Gasteiger charge is 2.27. The molecular weight excluding hydrogens is 423 g/mol. The minimum absolute atomic E-state index is 0.156. The highest BCUT2D eigenvalue weighted by molar-refractivity contribution is 7.89. The van der Waals surface area contributed by atoms with Crippen LogP contribution >= 0.6 is 0 Å². The number of halogens is 1. The molecule has 31 heavy (non-hydrogen) atoms. The third-order valence-electron chi connectivity index (χ3n) is 5.23. The average Bonchev–Trinajstić information content (AvgIpc) is 2.78. The number of ether oxygens (including phenoxy) is 2. The maximum Gasteiger partial charge on any atom is 0.243 e. The van der Waals surface area contributed by atoms with E-state index >= 15 is 0 Å². The molecule has 0 aliphatic carbocycles. The van der Waals surface area contributed by atoms with Gasteiger partial charge in [-0.1, -0.05) is 12.1 Å². The molecule has 1 aliphatic rings. The number of rotatable bonds is 8. The van der Waals surface area contributed by atoms with E-state index in [1.165, 1.54) is 29.6 Å². The molecule has 2 aromatic carbocycles. The highest BCUT2D eigenvalue weighted by atomic mass is 32.2. The Hall–Kier alpha value is -2.49. The van der Waals surface area contributed by atoms with Crippen LogP contribution in [0.15, 0.2) is 47.4 Å². The number of amides is 1. The van der Waals surface area contributed by atoms with Gasteiger partial charge in [0.05, 0.1) is 31.3 Å². The van der Waals surface area contributed by atoms with Gasteiger partial charge in [0, 0.05) is 19.5 Å². The van der Waals surface area contributed by atoms with Crippen molar-refractivity contribution in [1.82, 2.24) is 9.62 Å². The number of aryl methyl sites for hydroxylation is 1. The van der Waals surface area contributed by atoms with Crippen molar-refractivity contribution >= 4 is 15.9 Å². The molecule has 3 rings (SSSR count). The molecule has 168 valence electrons. The van der Waals surface area contributed by atoms with Crippen LogP contribution in [0.2, 0.25) is 0 Å². The van der Waals surface area contributed by atoms with Crippen molar-refractivity contribution in [3.63, 3.8) is 0 Å². The van der Waals surface area contributed by atoms with Crippen LogP contribution in [0.25, 0.3) is 0 Å². The summed E-state index contributed by atoms with van der Waals surface area (Å²) in [5.74, 6) is 0.00177. The zero-order valence-electron chi connectivity index (χ0n) is 17.6. The van der Waals surface area contributed by atoms with Crippen molar-refractivity contribution in [1.29, 1.82) is 0 Å². The Morgan fingerprint density at radius 2 is 1.87 bits per heavy atom. The lowest BCUT2D eigenvalue weighted by Gasteiger charge is -2.26. The Labute approximate surface area is 182 Å². The molecule has 1 fully saturated rings. The van der Waals surface area contributed by atoms with Gasteiger partial charge in [-0.2, -0.15) is 4.31 Å². The minimum atomic E-state index is -3.64. The average molecular weight is 451 g/mol. The van der Waals surface area contributed by atoms with Crippen LogP contribution in [-0.4, -0.2) is 52.0 Å². The molecule has 1 atom stereocenters. The molecule has 1 heterocycles. The molecule has 1 N–H and O–H groups in total. The summed E-state index contributed by atoms with van der Waals surface area (Å²) in [6.45, 7) is 3.19. The van der Waals surface area contributed by atoms with Gasteiger partial charge in [0.2, 0.25) is 15.9 Å². The van der Waals surface area contributed by atoms with Gasteiger partial charge in [-0.3, -0.25) is 4.79 Å². The second-order valence-electron chi connectivity index (χ2n) is 7.33. The summed E-state index contributed by atoms with van der Waals surface area (Å²) in [4.78, 5) is 12.6. The van der Waals surface area contributed by atoms with E-state index < -0.39 is 10.0 Å². The van der Waals surface area contributed by atoms with E-state index in [1.54, 1.807) is 24.3 Å². The van der Waals surface area contributed by atoms with E-state index in [9.17, 15) is 17.6 Å². The first kappa shape index (κ1) is 23.2. The molecule has 1 saturated heterocycles. The smallest absolute Gasteiger partial charge is 0.243 e. The summed E-state index contributed by atoms with van der Waals surface area (Å²) >= 11 is 0. The third-order valence-corrected chi connectivity index (χ3v) is 7.12. The number of nitrogens with one attached hydrogen (secondary N) is 1. The monoisotopic (exact) mass is 450 g/mol. The van der Waals surface area contributed by atoms with Crippen LogP contribution in [0.3, 0.4) is 0 Å². The van der Waals surface area contributed by atoms with Crippen LogP contribution in [0.5, 0.6) is 5.75 Å². The van der Waals surface area contributed by atoms with Crippen molar-refractivity contribution < 1.29 is 27.1 Å². The van der Waals surface area contributed by atoms with E-state index in [-0.39, 0.29) is 29.1 Å². The lowest BCUT2D eigenvalue weighted by atomic mass is 10.1. The molecule has 1 amide bonds. The molecule has 0 bridgehead atoms. The number of morpholine rings is 1. The number of hydrogen-bond donors (Lipinski definition) is 1. The van der Waals surface area contributed by atoms with Gasteiger partial charge in [-0.05, 0) is 54.8 Å². The van der Waals surface area contributed by atoms with Gasteiger partial charge in [0.25, 0.3) is 0 Å². The number of benzene rings is 2. The van der Waals surface area contributed by atoms with Gasteiger partial charge in [0.15, 0.2) is 0 Å². The van der Waals surface area contributed by atoms with Crippen molar-refractivity contribution in [3.8, 4) is 5.75 Å². The maximum atomic E-state index is 13.1. The molecule has 1 aliphatic heterocycles. The van der Waals surface area contributed by atoms with E-state index in [2.05, 4.69) is 5.32 Å². The van der Waals surface area contributed by atoms with Crippen molar-refractivity contribution in [2.75, 3.05) is 33.4 Å². The van der Waals surface area contributed by atoms with E-state index in [0.717, 1.165) is 5.56 Å². The first-order valence-corrected chi connectivity index (χ1v) is 11.5. The quantitative estimate of drug-likeness (QED) is 0.669. The van der Waals surface area contributed by atoms with Crippen LogP contribution in [0, 0.1) is 5.82 Å². The molecule has 7 nitrogen and oxygen atoms in total. The molecule has 0 saturated carbocycles. The lowest BCUT2D eigenvalue weighted by molar-refractivity contribution is -0.121. The first-order chi connectivity index (χ1) is 14.8. The predicted octanol–water partition coefficient (Wildman–Crippen LogP) is 2.67. The SMILES string of the molecule is COc1ccc(S(=O)(=O)N2CCOCC2)cc1CCC(=O)NC(C)c1ccc(F)cc1. The van der Waals surface area contributed by atoms with Gasteiger partial charge >= 0.3 is 0 Å². The summed E-state index contributed by atoms with van der Waals surface area (Å²) in [6.07, 6.45) is 0.473. The summed E-state index contributed by atoms with van der Waals surface area (Å²) in [5, 5.41) is 2.88. The van der Waals surface area contributed by atoms with Gasteiger partial charge in [-0.25, -0.2) is 12.8 Å². The zero-order chi connectivity index (χ0) is 22.4. The molecule has 9 heteroatoms. The first-order valence-electron chi connectivity index (χ1n) is 10.1. The van der Waals surface area contributed by atoms with Crippen molar-refractivity contribution in [2.45, 2.75) is 30.7 Å². The summed E-state index contributed by atoms with van der Waals surface area (Å²) < 4.78 is 50.9. The topological polar surface area (TPSA) is 84.9 Å². The molecule has 2 aromatic rings. The second kappa shape index (κ2) is 10.2. The van der Waals surface area contributed by atoms with Crippen LogP contribution in [0.1, 0.15) is 30.5 Å². The fraction of sp³-hybridized carbons (Fsp3) is 0.409. The molecule has 0 aromatic heterocycles. The Kier molecular flexibility index (Phi) is 7.64. The second-order valence-corrected chi connectivity index (χ2v) is 9.27. The predicted molar refractivity (Wildman–Crippen MR) is 114 cm³/mol. The number of hydrogen-bond acceptors (Lipinski definition) is 5. The molecule has 0 radical (unpaired) electrons. The Bertz CT molecular complexity index is 1010. The minimum Gasteiger partial charge on any atom is -0.496 e. The Morgan fingerprint density at radius 1 is 1.19 bits per heavy atom. The number of nitrogens with zero attached hydrogens (tertiary/aromatic N) is 1. The normalized spacial score (nSPS) is 16.0.